The molecule has 1 aliphatic carbocycles. The molecule has 1 aliphatic heterocycles. The summed E-state index contributed by atoms with van der Waals surface area (Å²) in [7, 11) is 3.62. The Morgan fingerprint density at radius 3 is 2.45 bits per heavy atom. The number of nitrogens with zero attached hydrogens (tertiary/aromatic N) is 5. The SMILES string of the molecule is COc1cc(C(=O)NC2CCN(C)CC2)ccc1Nc1ncc2c(n1)-c1noc(C(=O)N[C@H](CN(C(=O)O)C(C)(C)C)c3ccccc3)c1CC2(C)C. The molecular weight excluding hydrogens is 676 g/mol. The van der Waals surface area contributed by atoms with Crippen molar-refractivity contribution >= 4 is 29.5 Å². The van der Waals surface area contributed by atoms with Crippen molar-refractivity contribution < 1.29 is 28.8 Å². The van der Waals surface area contributed by atoms with Crippen molar-refractivity contribution in [3.8, 4) is 17.1 Å². The molecule has 3 heterocycles. The average molecular weight is 725 g/mol. The number of hydrogen-bond acceptors (Lipinski definition) is 10. The molecule has 0 saturated carbocycles. The molecule has 4 aromatic rings. The number of benzene rings is 2. The van der Waals surface area contributed by atoms with E-state index in [1.807, 2.05) is 65.0 Å². The number of likely N-dealkylation sites (tertiary alicyclic amines) is 1. The van der Waals surface area contributed by atoms with E-state index in [1.165, 1.54) is 12.0 Å². The fraction of sp³-hybridized carbons (Fsp3) is 0.436. The van der Waals surface area contributed by atoms with Crippen molar-refractivity contribution in [2.75, 3.05) is 39.1 Å². The molecule has 1 fully saturated rings. The van der Waals surface area contributed by atoms with Crippen LogP contribution in [-0.2, 0) is 11.8 Å². The number of hydrogen-bond donors (Lipinski definition) is 4. The number of amides is 3. The molecule has 0 unspecified atom stereocenters. The molecule has 0 bridgehead atoms. The Bertz CT molecular complexity index is 1980. The average Bonchev–Trinajstić information content (AvgIpc) is 3.54. The molecule has 53 heavy (non-hydrogen) atoms. The van der Waals surface area contributed by atoms with Crippen LogP contribution in [0.1, 0.15) is 91.1 Å². The third-order valence-corrected chi connectivity index (χ3v) is 10.0. The summed E-state index contributed by atoms with van der Waals surface area (Å²) in [5, 5.41) is 23.7. The Hall–Kier alpha value is -5.50. The molecule has 280 valence electrons. The Morgan fingerprint density at radius 1 is 1.08 bits per heavy atom. The molecular formula is C39H48N8O6. The van der Waals surface area contributed by atoms with Gasteiger partial charge >= 0.3 is 6.09 Å². The number of carbonyl (C=O) groups excluding carboxylic acids is 2. The van der Waals surface area contributed by atoms with Crippen LogP contribution < -0.4 is 20.7 Å². The van der Waals surface area contributed by atoms with Crippen LogP contribution in [0.15, 0.2) is 59.3 Å². The molecule has 0 spiro atoms. The van der Waals surface area contributed by atoms with Gasteiger partial charge in [0.2, 0.25) is 11.7 Å². The van der Waals surface area contributed by atoms with Crippen LogP contribution in [0.4, 0.5) is 16.4 Å². The van der Waals surface area contributed by atoms with Gasteiger partial charge in [0.05, 0.1) is 18.8 Å². The highest BCUT2D eigenvalue weighted by molar-refractivity contribution is 5.96. The van der Waals surface area contributed by atoms with Gasteiger partial charge in [-0.25, -0.2) is 14.8 Å². The van der Waals surface area contributed by atoms with Crippen molar-refractivity contribution in [3.63, 3.8) is 0 Å². The summed E-state index contributed by atoms with van der Waals surface area (Å²) >= 11 is 0. The van der Waals surface area contributed by atoms with Gasteiger partial charge in [-0.15, -0.1) is 0 Å². The lowest BCUT2D eigenvalue weighted by Crippen LogP contribution is -2.49. The Labute approximate surface area is 309 Å². The van der Waals surface area contributed by atoms with Crippen LogP contribution in [0.2, 0.25) is 0 Å². The number of piperidine rings is 1. The monoisotopic (exact) mass is 724 g/mol. The van der Waals surface area contributed by atoms with E-state index in [4.69, 9.17) is 14.2 Å². The van der Waals surface area contributed by atoms with Gasteiger partial charge in [-0.3, -0.25) is 9.59 Å². The van der Waals surface area contributed by atoms with Gasteiger partial charge in [-0.05, 0) is 89.3 Å². The molecule has 3 amide bonds. The van der Waals surface area contributed by atoms with Gasteiger partial charge in [0.1, 0.15) is 17.1 Å². The van der Waals surface area contributed by atoms with E-state index < -0.39 is 29.0 Å². The number of methoxy groups -OCH3 is 1. The number of carboxylic acid groups (broad SMARTS) is 1. The minimum Gasteiger partial charge on any atom is -0.495 e. The van der Waals surface area contributed by atoms with Crippen LogP contribution in [0, 0.1) is 0 Å². The first-order valence-corrected chi connectivity index (χ1v) is 17.8. The zero-order chi connectivity index (χ0) is 38.1. The summed E-state index contributed by atoms with van der Waals surface area (Å²) in [5.41, 5.74) is 3.01. The normalized spacial score (nSPS) is 16.1. The quantitative estimate of drug-likeness (QED) is 0.156. The minimum atomic E-state index is -1.09. The maximum absolute atomic E-state index is 14.0. The number of anilines is 2. The molecule has 1 saturated heterocycles. The van der Waals surface area contributed by atoms with Crippen LogP contribution in [0.5, 0.6) is 5.75 Å². The van der Waals surface area contributed by atoms with E-state index in [2.05, 4.69) is 38.0 Å². The van der Waals surface area contributed by atoms with Crippen molar-refractivity contribution in [2.24, 2.45) is 0 Å². The smallest absolute Gasteiger partial charge is 0.407 e. The number of nitrogens with one attached hydrogen (secondary N) is 3. The van der Waals surface area contributed by atoms with Crippen molar-refractivity contribution in [2.45, 2.75) is 76.9 Å². The fourth-order valence-electron chi connectivity index (χ4n) is 6.94. The maximum Gasteiger partial charge on any atom is 0.407 e. The predicted octanol–water partition coefficient (Wildman–Crippen LogP) is 5.79. The molecule has 4 N–H and O–H groups in total. The minimum absolute atomic E-state index is 0.0228. The second kappa shape index (κ2) is 14.9. The van der Waals surface area contributed by atoms with E-state index >= 15 is 0 Å². The predicted molar refractivity (Wildman–Crippen MR) is 200 cm³/mol. The second-order valence-electron chi connectivity index (χ2n) is 15.4. The van der Waals surface area contributed by atoms with Gasteiger partial charge in [-0.1, -0.05) is 49.3 Å². The zero-order valence-electron chi connectivity index (χ0n) is 31.3. The number of fused-ring (bicyclic) bond motifs is 3. The van der Waals surface area contributed by atoms with E-state index in [0.717, 1.165) is 37.1 Å². The van der Waals surface area contributed by atoms with Crippen LogP contribution >= 0.6 is 0 Å². The van der Waals surface area contributed by atoms with Crippen molar-refractivity contribution in [1.82, 2.24) is 35.6 Å². The van der Waals surface area contributed by atoms with Gasteiger partial charge < -0.3 is 40.1 Å². The summed E-state index contributed by atoms with van der Waals surface area (Å²) in [6.45, 7) is 11.4. The number of rotatable bonds is 10. The van der Waals surface area contributed by atoms with Crippen molar-refractivity contribution in [1.29, 1.82) is 0 Å². The van der Waals surface area contributed by atoms with Crippen molar-refractivity contribution in [3.05, 3.63) is 82.7 Å². The Kier molecular flexibility index (Phi) is 10.4. The first-order valence-electron chi connectivity index (χ1n) is 17.8. The van der Waals surface area contributed by atoms with E-state index in [9.17, 15) is 19.5 Å². The summed E-state index contributed by atoms with van der Waals surface area (Å²) in [6, 6.07) is 13.9. The van der Waals surface area contributed by atoms with Crippen LogP contribution in [0.25, 0.3) is 11.4 Å². The topological polar surface area (TPSA) is 175 Å². The van der Waals surface area contributed by atoms with Gasteiger partial charge in [0.25, 0.3) is 11.8 Å². The summed E-state index contributed by atoms with van der Waals surface area (Å²) < 4.78 is 11.4. The summed E-state index contributed by atoms with van der Waals surface area (Å²) in [4.78, 5) is 52.3. The second-order valence-corrected chi connectivity index (χ2v) is 15.4. The largest absolute Gasteiger partial charge is 0.495 e. The highest BCUT2D eigenvalue weighted by Gasteiger charge is 2.39. The number of carbonyl (C=O) groups is 3. The molecule has 14 nitrogen and oxygen atoms in total. The third-order valence-electron chi connectivity index (χ3n) is 10.0. The van der Waals surface area contributed by atoms with E-state index in [-0.39, 0.29) is 30.2 Å². The highest BCUT2D eigenvalue weighted by atomic mass is 16.5. The molecule has 2 aliphatic rings. The molecule has 1 atom stereocenters. The first-order chi connectivity index (χ1) is 25.1. The summed E-state index contributed by atoms with van der Waals surface area (Å²) in [5.74, 6) is 0.0934. The number of aromatic nitrogens is 3. The first kappa shape index (κ1) is 37.3. The standard InChI is InChI=1S/C39H48N8O6/c1-38(2,3)47(37(50)51)22-29(23-11-9-8-10-12-23)42-35(49)33-26-20-39(4,5)27-21-40-36(44-32(27)31(26)45-53-33)43-28-14-13-24(19-30(28)52-7)34(48)41-25-15-17-46(6)18-16-25/h8-14,19,21,25,29H,15-18,20,22H2,1-7H3,(H,41,48)(H,42,49)(H,50,51)(H,40,43,44)/t29-/m1/s1. The van der Waals surface area contributed by atoms with Gasteiger partial charge in [-0.2, -0.15) is 0 Å². The van der Waals surface area contributed by atoms with Crippen LogP contribution in [0.3, 0.4) is 0 Å². The molecule has 14 heteroatoms. The molecule has 2 aromatic carbocycles. The van der Waals surface area contributed by atoms with Crippen LogP contribution in [-0.4, -0.2) is 93.3 Å². The molecule has 6 rings (SSSR count). The lowest BCUT2D eigenvalue weighted by atomic mass is 9.74. The molecule has 2 aromatic heterocycles. The third kappa shape index (κ3) is 8.12. The highest BCUT2D eigenvalue weighted by Crippen LogP contribution is 2.43. The van der Waals surface area contributed by atoms with E-state index in [0.29, 0.717) is 40.4 Å². The Balaban J connectivity index is 1.25. The van der Waals surface area contributed by atoms with Gasteiger partial charge in [0.15, 0.2) is 0 Å². The zero-order valence-corrected chi connectivity index (χ0v) is 31.3. The van der Waals surface area contributed by atoms with E-state index in [1.54, 1.807) is 24.4 Å². The Morgan fingerprint density at radius 2 is 1.79 bits per heavy atom. The lowest BCUT2D eigenvalue weighted by molar-refractivity contribution is 0.0798. The van der Waals surface area contributed by atoms with Gasteiger partial charge in [0, 0.05) is 41.0 Å². The maximum atomic E-state index is 14.0. The fourth-order valence-corrected chi connectivity index (χ4v) is 6.94. The number of ether oxygens (including phenoxy) is 1. The lowest BCUT2D eigenvalue weighted by Gasteiger charge is -2.36. The summed E-state index contributed by atoms with van der Waals surface area (Å²) in [6.07, 6.45) is 2.90. The molecule has 0 radical (unpaired) electrons.